The van der Waals surface area contributed by atoms with Crippen LogP contribution in [-0.2, 0) is 0 Å². The zero-order valence-electron chi connectivity index (χ0n) is 14.5. The quantitative estimate of drug-likeness (QED) is 0.630. The molecule has 1 fully saturated rings. The third-order valence-electron chi connectivity index (χ3n) is 4.46. The Balaban J connectivity index is 1.93. The molecule has 9 nitrogen and oxygen atoms in total. The van der Waals surface area contributed by atoms with Gasteiger partial charge >= 0.3 is 0 Å². The molecular formula is C18H18N4O5. The molecule has 0 aliphatic carbocycles. The first-order valence-electron chi connectivity index (χ1n) is 8.55. The van der Waals surface area contributed by atoms with Gasteiger partial charge in [0.05, 0.1) is 27.2 Å². The summed E-state index contributed by atoms with van der Waals surface area (Å²) < 4.78 is 0. The highest BCUT2D eigenvalue weighted by Crippen LogP contribution is 2.32. The number of hydrogen-bond donors (Lipinski definition) is 1. The lowest BCUT2D eigenvalue weighted by molar-refractivity contribution is -0.393. The first kappa shape index (κ1) is 18.3. The fourth-order valence-electron chi connectivity index (χ4n) is 3.08. The van der Waals surface area contributed by atoms with Crippen LogP contribution < -0.4 is 5.32 Å². The first-order chi connectivity index (χ1) is 13.0. The highest BCUT2D eigenvalue weighted by molar-refractivity contribution is 6.00. The van der Waals surface area contributed by atoms with Gasteiger partial charge < -0.3 is 10.2 Å². The number of anilines is 2. The van der Waals surface area contributed by atoms with Crippen LogP contribution in [0.3, 0.4) is 0 Å². The fraction of sp³-hybridized carbons (Fsp3) is 0.278. The van der Waals surface area contributed by atoms with E-state index >= 15 is 0 Å². The average Bonchev–Trinajstić information content (AvgIpc) is 2.68. The second-order valence-corrected chi connectivity index (χ2v) is 6.24. The second kappa shape index (κ2) is 7.81. The minimum absolute atomic E-state index is 0.0875. The van der Waals surface area contributed by atoms with Gasteiger partial charge in [0.2, 0.25) is 0 Å². The van der Waals surface area contributed by atoms with Gasteiger partial charge in [-0.15, -0.1) is 0 Å². The number of benzene rings is 2. The highest BCUT2D eigenvalue weighted by atomic mass is 16.6. The van der Waals surface area contributed by atoms with E-state index in [0.29, 0.717) is 24.3 Å². The van der Waals surface area contributed by atoms with Gasteiger partial charge in [0.25, 0.3) is 17.3 Å². The maximum absolute atomic E-state index is 12.8. The molecule has 0 unspecified atom stereocenters. The largest absolute Gasteiger partial charge is 0.349 e. The highest BCUT2D eigenvalue weighted by Gasteiger charge is 2.23. The Morgan fingerprint density at radius 3 is 2.30 bits per heavy atom. The summed E-state index contributed by atoms with van der Waals surface area (Å²) in [6, 6.07) is 10.1. The van der Waals surface area contributed by atoms with Crippen LogP contribution >= 0.6 is 0 Å². The Hall–Kier alpha value is -3.49. The summed E-state index contributed by atoms with van der Waals surface area (Å²) >= 11 is 0. The zero-order chi connectivity index (χ0) is 19.4. The van der Waals surface area contributed by atoms with E-state index in [-0.39, 0.29) is 17.3 Å². The zero-order valence-corrected chi connectivity index (χ0v) is 14.5. The number of nitro groups is 2. The number of carbonyl (C=O) groups excluding carboxylic acids is 1. The lowest BCUT2D eigenvalue weighted by atomic mass is 10.1. The van der Waals surface area contributed by atoms with Crippen molar-refractivity contribution in [1.82, 2.24) is 4.90 Å². The Bertz CT molecular complexity index is 893. The molecule has 0 spiro atoms. The van der Waals surface area contributed by atoms with Gasteiger partial charge in [0, 0.05) is 19.2 Å². The number of rotatable bonds is 5. The summed E-state index contributed by atoms with van der Waals surface area (Å²) in [5, 5.41) is 25.1. The Labute approximate surface area is 154 Å². The molecule has 1 saturated heterocycles. The Morgan fingerprint density at radius 2 is 1.63 bits per heavy atom. The third kappa shape index (κ3) is 4.02. The summed E-state index contributed by atoms with van der Waals surface area (Å²) in [5.74, 6) is -0.137. The van der Waals surface area contributed by atoms with Crippen molar-refractivity contribution in [2.24, 2.45) is 0 Å². The summed E-state index contributed by atoms with van der Waals surface area (Å²) in [6.07, 6.45) is 3.00. The van der Waals surface area contributed by atoms with E-state index in [1.165, 1.54) is 12.1 Å². The van der Waals surface area contributed by atoms with E-state index in [0.717, 1.165) is 25.3 Å². The molecule has 2 aromatic carbocycles. The monoisotopic (exact) mass is 370 g/mol. The molecule has 0 atom stereocenters. The fourth-order valence-corrected chi connectivity index (χ4v) is 3.08. The van der Waals surface area contributed by atoms with Crippen molar-refractivity contribution in [3.05, 3.63) is 68.3 Å². The lowest BCUT2D eigenvalue weighted by Crippen LogP contribution is -2.35. The van der Waals surface area contributed by atoms with E-state index in [4.69, 9.17) is 0 Å². The van der Waals surface area contributed by atoms with Gasteiger partial charge in [0.15, 0.2) is 0 Å². The van der Waals surface area contributed by atoms with E-state index < -0.39 is 15.5 Å². The summed E-state index contributed by atoms with van der Waals surface area (Å²) in [7, 11) is 0. The molecule has 0 aromatic heterocycles. The lowest BCUT2D eigenvalue weighted by Gasteiger charge is -2.27. The van der Waals surface area contributed by atoms with E-state index in [1.807, 2.05) is 0 Å². The minimum atomic E-state index is -0.690. The third-order valence-corrected chi connectivity index (χ3v) is 4.46. The molecule has 1 heterocycles. The number of nitro benzene ring substituents is 2. The number of amides is 1. The molecule has 0 saturated carbocycles. The van der Waals surface area contributed by atoms with Crippen molar-refractivity contribution in [1.29, 1.82) is 0 Å². The van der Waals surface area contributed by atoms with Crippen molar-refractivity contribution in [3.63, 3.8) is 0 Å². The number of nitrogens with zero attached hydrogens (tertiary/aromatic N) is 3. The maximum atomic E-state index is 12.8. The summed E-state index contributed by atoms with van der Waals surface area (Å²) in [4.78, 5) is 35.4. The summed E-state index contributed by atoms with van der Waals surface area (Å²) in [5.41, 5.74) is 0.121. The number of nitrogens with one attached hydrogen (secondary N) is 1. The molecular weight excluding hydrogens is 352 g/mol. The van der Waals surface area contributed by atoms with Crippen molar-refractivity contribution >= 4 is 28.7 Å². The van der Waals surface area contributed by atoms with Gasteiger partial charge in [-0.05, 0) is 37.5 Å². The molecule has 2 aromatic rings. The second-order valence-electron chi connectivity index (χ2n) is 6.24. The standard InChI is InChI=1S/C18H18N4O5/c23-18(20-10-4-1-5-11-20)14-6-2-3-7-15(14)19-16-9-8-13(21(24)25)12-17(16)22(26)27/h2-3,6-9,12,19H,1,4-5,10-11H2. The number of carbonyl (C=O) groups is 1. The van der Waals surface area contributed by atoms with Crippen LogP contribution in [0, 0.1) is 20.2 Å². The number of hydrogen-bond acceptors (Lipinski definition) is 6. The SMILES string of the molecule is O=C(c1ccccc1Nc1ccc([N+](=O)[O-])cc1[N+](=O)[O-])N1CCCCC1. The molecule has 1 amide bonds. The van der Waals surface area contributed by atoms with Crippen LogP contribution in [0.2, 0.25) is 0 Å². The molecule has 1 aliphatic heterocycles. The van der Waals surface area contributed by atoms with Crippen LogP contribution in [0.25, 0.3) is 0 Å². The molecule has 9 heteroatoms. The van der Waals surface area contributed by atoms with Crippen LogP contribution in [-0.4, -0.2) is 33.7 Å². The smallest absolute Gasteiger partial charge is 0.299 e. The molecule has 0 radical (unpaired) electrons. The van der Waals surface area contributed by atoms with Crippen LogP contribution in [0.15, 0.2) is 42.5 Å². The van der Waals surface area contributed by atoms with Gasteiger partial charge in [0.1, 0.15) is 5.69 Å². The topological polar surface area (TPSA) is 119 Å². The van der Waals surface area contributed by atoms with Gasteiger partial charge in [-0.2, -0.15) is 0 Å². The van der Waals surface area contributed by atoms with Crippen molar-refractivity contribution in [2.45, 2.75) is 19.3 Å². The van der Waals surface area contributed by atoms with Crippen molar-refractivity contribution < 1.29 is 14.6 Å². The van der Waals surface area contributed by atoms with Crippen LogP contribution in [0.5, 0.6) is 0 Å². The van der Waals surface area contributed by atoms with Gasteiger partial charge in [-0.3, -0.25) is 25.0 Å². The molecule has 140 valence electrons. The number of para-hydroxylation sites is 1. The molecule has 27 heavy (non-hydrogen) atoms. The Kier molecular flexibility index (Phi) is 5.30. The first-order valence-corrected chi connectivity index (χ1v) is 8.55. The number of non-ortho nitro benzene ring substituents is 1. The van der Waals surface area contributed by atoms with E-state index in [9.17, 15) is 25.0 Å². The Morgan fingerprint density at radius 1 is 0.926 bits per heavy atom. The normalized spacial score (nSPS) is 13.9. The van der Waals surface area contributed by atoms with Crippen LogP contribution in [0.4, 0.5) is 22.7 Å². The maximum Gasteiger partial charge on any atom is 0.299 e. The van der Waals surface area contributed by atoms with E-state index in [2.05, 4.69) is 5.32 Å². The number of likely N-dealkylation sites (tertiary alicyclic amines) is 1. The predicted octanol–water partition coefficient (Wildman–Crippen LogP) is 3.87. The molecule has 0 bridgehead atoms. The average molecular weight is 370 g/mol. The van der Waals surface area contributed by atoms with Gasteiger partial charge in [-0.1, -0.05) is 12.1 Å². The molecule has 1 aliphatic rings. The van der Waals surface area contributed by atoms with Gasteiger partial charge in [-0.25, -0.2) is 0 Å². The number of piperidine rings is 1. The van der Waals surface area contributed by atoms with E-state index in [1.54, 1.807) is 29.2 Å². The van der Waals surface area contributed by atoms with Crippen molar-refractivity contribution in [3.8, 4) is 0 Å². The van der Waals surface area contributed by atoms with Crippen molar-refractivity contribution in [2.75, 3.05) is 18.4 Å². The summed E-state index contributed by atoms with van der Waals surface area (Å²) in [6.45, 7) is 1.37. The molecule has 3 rings (SSSR count). The minimum Gasteiger partial charge on any atom is -0.349 e. The van der Waals surface area contributed by atoms with Crippen LogP contribution in [0.1, 0.15) is 29.6 Å². The predicted molar refractivity (Wildman–Crippen MR) is 99.2 cm³/mol. The molecule has 1 N–H and O–H groups in total.